The van der Waals surface area contributed by atoms with E-state index in [4.69, 9.17) is 4.74 Å². The van der Waals surface area contributed by atoms with Crippen molar-refractivity contribution in [3.63, 3.8) is 0 Å². The lowest BCUT2D eigenvalue weighted by Crippen LogP contribution is -2.50. The van der Waals surface area contributed by atoms with E-state index < -0.39 is 0 Å². The molecule has 22 heavy (non-hydrogen) atoms. The van der Waals surface area contributed by atoms with Gasteiger partial charge in [0.2, 0.25) is 0 Å². The first-order valence-electron chi connectivity index (χ1n) is 7.39. The van der Waals surface area contributed by atoms with Gasteiger partial charge in [-0.2, -0.15) is 0 Å². The summed E-state index contributed by atoms with van der Waals surface area (Å²) in [5, 5.41) is 0. The van der Waals surface area contributed by atoms with E-state index in [1.54, 1.807) is 6.20 Å². The largest absolute Gasteiger partial charge is 0.484 e. The van der Waals surface area contributed by atoms with E-state index in [-0.39, 0.29) is 18.6 Å². The molecule has 0 saturated carbocycles. The molecule has 3 rings (SSSR count). The van der Waals surface area contributed by atoms with Crippen LogP contribution in [0.25, 0.3) is 0 Å². The number of piperazine rings is 1. The molecule has 1 atom stereocenters. The zero-order valence-corrected chi connectivity index (χ0v) is 12.6. The van der Waals surface area contributed by atoms with Crippen molar-refractivity contribution < 1.29 is 9.53 Å². The number of imidazole rings is 1. The average molecular weight is 300 g/mol. The number of nitrogens with one attached hydrogen (secondary N) is 1. The predicted molar refractivity (Wildman–Crippen MR) is 82.5 cm³/mol. The number of ether oxygens (including phenoxy) is 1. The molecule has 1 saturated heterocycles. The highest BCUT2D eigenvalue weighted by Gasteiger charge is 2.29. The maximum absolute atomic E-state index is 12.3. The molecule has 1 fully saturated rings. The van der Waals surface area contributed by atoms with Crippen LogP contribution in [0.3, 0.4) is 0 Å². The van der Waals surface area contributed by atoms with E-state index in [0.29, 0.717) is 18.8 Å². The van der Waals surface area contributed by atoms with Crippen molar-refractivity contribution in [1.82, 2.24) is 19.8 Å². The van der Waals surface area contributed by atoms with Crippen LogP contribution < -0.4 is 4.74 Å². The van der Waals surface area contributed by atoms with E-state index in [1.165, 1.54) is 0 Å². The first kappa shape index (κ1) is 14.6. The van der Waals surface area contributed by atoms with Crippen LogP contribution in [-0.2, 0) is 4.79 Å². The van der Waals surface area contributed by atoms with Gasteiger partial charge in [-0.15, -0.1) is 0 Å². The van der Waals surface area contributed by atoms with Crippen LogP contribution in [0, 0.1) is 0 Å². The molecule has 0 spiro atoms. The van der Waals surface area contributed by atoms with Crippen LogP contribution in [0.5, 0.6) is 5.75 Å². The Hall–Kier alpha value is -2.34. The first-order valence-corrected chi connectivity index (χ1v) is 7.39. The standard InChI is InChI=1S/C16H20N4O2/c1-19-9-10-20(11-14(19)16-17-7-8-18-16)15(21)12-22-13-5-3-2-4-6-13/h2-8,14H,9-12H2,1H3,(H,17,18)/t14-/m0/s1. The van der Waals surface area contributed by atoms with Gasteiger partial charge < -0.3 is 14.6 Å². The van der Waals surface area contributed by atoms with E-state index in [1.807, 2.05) is 41.4 Å². The van der Waals surface area contributed by atoms with Gasteiger partial charge in [0.1, 0.15) is 11.6 Å². The molecule has 0 aliphatic carbocycles. The van der Waals surface area contributed by atoms with E-state index in [9.17, 15) is 4.79 Å². The Kier molecular flexibility index (Phi) is 4.39. The smallest absolute Gasteiger partial charge is 0.260 e. The van der Waals surface area contributed by atoms with Crippen LogP contribution in [-0.4, -0.2) is 59.0 Å². The minimum atomic E-state index is 0.00788. The summed E-state index contributed by atoms with van der Waals surface area (Å²) in [6.45, 7) is 2.23. The number of hydrogen-bond acceptors (Lipinski definition) is 4. The first-order chi connectivity index (χ1) is 10.7. The fourth-order valence-corrected chi connectivity index (χ4v) is 2.61. The zero-order chi connectivity index (χ0) is 15.4. The number of benzene rings is 1. The Morgan fingerprint density at radius 3 is 2.91 bits per heavy atom. The summed E-state index contributed by atoms with van der Waals surface area (Å²) in [6.07, 6.45) is 3.55. The van der Waals surface area contributed by atoms with Gasteiger partial charge in [0, 0.05) is 32.0 Å². The van der Waals surface area contributed by atoms with Gasteiger partial charge in [-0.05, 0) is 19.2 Å². The van der Waals surface area contributed by atoms with E-state index in [0.717, 1.165) is 12.4 Å². The second kappa shape index (κ2) is 6.62. The molecule has 116 valence electrons. The molecular formula is C16H20N4O2. The van der Waals surface area contributed by atoms with Crippen molar-refractivity contribution in [2.75, 3.05) is 33.3 Å². The van der Waals surface area contributed by atoms with Crippen LogP contribution in [0.2, 0.25) is 0 Å². The maximum atomic E-state index is 12.3. The number of likely N-dealkylation sites (N-methyl/N-ethyl adjacent to an activating group) is 1. The third kappa shape index (κ3) is 3.28. The molecule has 1 amide bonds. The number of nitrogens with zero attached hydrogens (tertiary/aromatic N) is 3. The molecule has 1 aliphatic heterocycles. The number of carbonyl (C=O) groups excluding carboxylic acids is 1. The minimum absolute atomic E-state index is 0.00788. The van der Waals surface area contributed by atoms with E-state index >= 15 is 0 Å². The van der Waals surface area contributed by atoms with Gasteiger partial charge >= 0.3 is 0 Å². The normalized spacial score (nSPS) is 19.1. The number of aromatic nitrogens is 2. The van der Waals surface area contributed by atoms with Crippen molar-refractivity contribution in [1.29, 1.82) is 0 Å². The van der Waals surface area contributed by atoms with Crippen molar-refractivity contribution in [2.45, 2.75) is 6.04 Å². The lowest BCUT2D eigenvalue weighted by molar-refractivity contribution is -0.136. The molecule has 1 N–H and O–H groups in total. The Morgan fingerprint density at radius 1 is 1.36 bits per heavy atom. The fourth-order valence-electron chi connectivity index (χ4n) is 2.61. The molecule has 2 heterocycles. The number of carbonyl (C=O) groups is 1. The summed E-state index contributed by atoms with van der Waals surface area (Å²) in [6, 6.07) is 9.50. The minimum Gasteiger partial charge on any atom is -0.484 e. The molecule has 0 bridgehead atoms. The number of H-pyrrole nitrogens is 1. The summed E-state index contributed by atoms with van der Waals surface area (Å²) >= 11 is 0. The topological polar surface area (TPSA) is 61.5 Å². The van der Waals surface area contributed by atoms with Crippen LogP contribution in [0.15, 0.2) is 42.7 Å². The molecule has 1 aromatic heterocycles. The number of amides is 1. The SMILES string of the molecule is CN1CCN(C(=O)COc2ccccc2)C[C@H]1c1ncc[nH]1. The van der Waals surface area contributed by atoms with Gasteiger partial charge in [0.25, 0.3) is 5.91 Å². The lowest BCUT2D eigenvalue weighted by Gasteiger charge is -2.38. The number of hydrogen-bond donors (Lipinski definition) is 1. The molecule has 0 unspecified atom stereocenters. The highest BCUT2D eigenvalue weighted by molar-refractivity contribution is 5.78. The van der Waals surface area contributed by atoms with Crippen LogP contribution >= 0.6 is 0 Å². The lowest BCUT2D eigenvalue weighted by atomic mass is 10.1. The van der Waals surface area contributed by atoms with E-state index in [2.05, 4.69) is 21.9 Å². The number of rotatable bonds is 4. The van der Waals surface area contributed by atoms with Crippen molar-refractivity contribution in [3.8, 4) is 5.75 Å². The van der Waals surface area contributed by atoms with Gasteiger partial charge in [-0.3, -0.25) is 9.69 Å². The molecule has 1 aromatic carbocycles. The van der Waals surface area contributed by atoms with Crippen molar-refractivity contribution in [2.24, 2.45) is 0 Å². The molecule has 6 nitrogen and oxygen atoms in total. The summed E-state index contributed by atoms with van der Waals surface area (Å²) in [4.78, 5) is 23.8. The third-order valence-electron chi connectivity index (χ3n) is 3.94. The molecular weight excluding hydrogens is 280 g/mol. The molecule has 1 aliphatic rings. The van der Waals surface area contributed by atoms with Gasteiger partial charge in [0.15, 0.2) is 6.61 Å². The predicted octanol–water partition coefficient (Wildman–Crippen LogP) is 1.30. The van der Waals surface area contributed by atoms with Gasteiger partial charge in [0.05, 0.1) is 6.04 Å². The van der Waals surface area contributed by atoms with Crippen molar-refractivity contribution >= 4 is 5.91 Å². The molecule has 6 heteroatoms. The number of aromatic amines is 1. The quantitative estimate of drug-likeness (QED) is 0.924. The Morgan fingerprint density at radius 2 is 2.18 bits per heavy atom. The summed E-state index contributed by atoms with van der Waals surface area (Å²) < 4.78 is 5.55. The summed E-state index contributed by atoms with van der Waals surface area (Å²) in [5.74, 6) is 1.62. The monoisotopic (exact) mass is 300 g/mol. The highest BCUT2D eigenvalue weighted by atomic mass is 16.5. The average Bonchev–Trinajstić information content (AvgIpc) is 3.08. The second-order valence-corrected chi connectivity index (χ2v) is 5.41. The zero-order valence-electron chi connectivity index (χ0n) is 12.6. The van der Waals surface area contributed by atoms with Gasteiger partial charge in [-0.1, -0.05) is 18.2 Å². The molecule has 0 radical (unpaired) electrons. The second-order valence-electron chi connectivity index (χ2n) is 5.41. The van der Waals surface area contributed by atoms with Crippen molar-refractivity contribution in [3.05, 3.63) is 48.5 Å². The Balaban J connectivity index is 1.58. The highest BCUT2D eigenvalue weighted by Crippen LogP contribution is 2.21. The number of para-hydroxylation sites is 1. The summed E-state index contributed by atoms with van der Waals surface area (Å²) in [7, 11) is 2.05. The van der Waals surface area contributed by atoms with Crippen LogP contribution in [0.1, 0.15) is 11.9 Å². The summed E-state index contributed by atoms with van der Waals surface area (Å²) in [5.41, 5.74) is 0. The molecule has 2 aromatic rings. The van der Waals surface area contributed by atoms with Gasteiger partial charge in [-0.25, -0.2) is 4.98 Å². The third-order valence-corrected chi connectivity index (χ3v) is 3.94. The Bertz CT molecular complexity index is 600. The Labute approximate surface area is 129 Å². The fraction of sp³-hybridized carbons (Fsp3) is 0.375. The van der Waals surface area contributed by atoms with Crippen LogP contribution in [0.4, 0.5) is 0 Å². The maximum Gasteiger partial charge on any atom is 0.260 e.